The van der Waals surface area contributed by atoms with Crippen LogP contribution in [0.1, 0.15) is 24.2 Å². The zero-order chi connectivity index (χ0) is 12.5. The van der Waals surface area contributed by atoms with Gasteiger partial charge in [0.25, 0.3) is 0 Å². The van der Waals surface area contributed by atoms with Gasteiger partial charge in [0.15, 0.2) is 5.78 Å². The van der Waals surface area contributed by atoms with Crippen LogP contribution >= 0.6 is 0 Å². The van der Waals surface area contributed by atoms with Crippen LogP contribution in [-0.4, -0.2) is 35.8 Å². The van der Waals surface area contributed by atoms with E-state index in [4.69, 9.17) is 9.47 Å². The number of ketones is 1. The van der Waals surface area contributed by atoms with Crippen LogP contribution in [0.2, 0.25) is 0 Å². The van der Waals surface area contributed by atoms with Gasteiger partial charge in [-0.25, -0.2) is 0 Å². The molecule has 2 rings (SSSR count). The number of carbonyl (C=O) groups excluding carboxylic acids is 1. The lowest BCUT2D eigenvalue weighted by Crippen LogP contribution is -2.31. The van der Waals surface area contributed by atoms with Crippen molar-refractivity contribution in [3.63, 3.8) is 0 Å². The van der Waals surface area contributed by atoms with Crippen LogP contribution in [0, 0.1) is 0 Å². The Morgan fingerprint density at radius 3 is 2.88 bits per heavy atom. The fraction of sp³-hybridized carbons (Fsp3) is 0.462. The number of aliphatic hydroxyl groups is 1. The number of epoxide rings is 1. The summed E-state index contributed by atoms with van der Waals surface area (Å²) < 4.78 is 10.5. The van der Waals surface area contributed by atoms with Crippen molar-refractivity contribution in [2.24, 2.45) is 0 Å². The van der Waals surface area contributed by atoms with Crippen molar-refractivity contribution in [1.82, 2.24) is 0 Å². The molecule has 92 valence electrons. The molecule has 0 bridgehead atoms. The Hall–Kier alpha value is -1.39. The van der Waals surface area contributed by atoms with Gasteiger partial charge in [0, 0.05) is 5.56 Å². The van der Waals surface area contributed by atoms with Crippen LogP contribution in [0.25, 0.3) is 0 Å². The normalized spacial score (nSPS) is 18.9. The minimum Gasteiger partial charge on any atom is -0.491 e. The first-order valence-electron chi connectivity index (χ1n) is 5.58. The zero-order valence-electron chi connectivity index (χ0n) is 9.97. The molecule has 1 heterocycles. The molecule has 17 heavy (non-hydrogen) atoms. The van der Waals surface area contributed by atoms with Crippen LogP contribution < -0.4 is 4.74 Å². The van der Waals surface area contributed by atoms with Gasteiger partial charge in [-0.15, -0.1) is 0 Å². The summed E-state index contributed by atoms with van der Waals surface area (Å²) in [5.41, 5.74) is -0.912. The van der Waals surface area contributed by atoms with Crippen molar-refractivity contribution < 1.29 is 19.4 Å². The van der Waals surface area contributed by atoms with Gasteiger partial charge < -0.3 is 14.6 Å². The molecule has 1 aromatic carbocycles. The van der Waals surface area contributed by atoms with E-state index in [1.807, 2.05) is 0 Å². The second-order valence-corrected chi connectivity index (χ2v) is 4.68. The van der Waals surface area contributed by atoms with Crippen molar-refractivity contribution >= 4 is 5.78 Å². The van der Waals surface area contributed by atoms with Crippen LogP contribution in [-0.2, 0) is 4.74 Å². The molecule has 1 aromatic rings. The summed E-state index contributed by atoms with van der Waals surface area (Å²) in [5.74, 6) is 0.307. The molecule has 0 aromatic heterocycles. The second kappa shape index (κ2) is 4.47. The highest BCUT2D eigenvalue weighted by Crippen LogP contribution is 2.19. The van der Waals surface area contributed by atoms with Gasteiger partial charge in [0.2, 0.25) is 0 Å². The lowest BCUT2D eigenvalue weighted by molar-refractivity contribution is 0.0487. The third-order valence-corrected chi connectivity index (χ3v) is 2.49. The molecule has 0 aliphatic carbocycles. The maximum absolute atomic E-state index is 11.8. The van der Waals surface area contributed by atoms with E-state index >= 15 is 0 Å². The fourth-order valence-electron chi connectivity index (χ4n) is 1.43. The number of benzene rings is 1. The number of hydrogen-bond donors (Lipinski definition) is 1. The Bertz CT molecular complexity index is 416. The highest BCUT2D eigenvalue weighted by atomic mass is 16.6. The Balaban J connectivity index is 2.07. The first-order valence-corrected chi connectivity index (χ1v) is 5.58. The van der Waals surface area contributed by atoms with E-state index in [1.165, 1.54) is 13.8 Å². The van der Waals surface area contributed by atoms with Crippen LogP contribution in [0.3, 0.4) is 0 Å². The third-order valence-electron chi connectivity index (χ3n) is 2.49. The molecule has 4 heteroatoms. The monoisotopic (exact) mass is 236 g/mol. The van der Waals surface area contributed by atoms with Gasteiger partial charge in [-0.05, 0) is 26.0 Å². The molecular weight excluding hydrogens is 220 g/mol. The van der Waals surface area contributed by atoms with E-state index in [1.54, 1.807) is 24.3 Å². The molecule has 0 amide bonds. The standard InChI is InChI=1S/C13H16O4/c1-13(2,15)12(14)9-4-3-5-10(6-9)16-7-11-8-17-11/h3-6,11,15H,7-8H2,1-2H3. The summed E-state index contributed by atoms with van der Waals surface area (Å²) in [4.78, 5) is 11.8. The predicted molar refractivity (Wildman–Crippen MR) is 62.3 cm³/mol. The molecule has 1 unspecified atom stereocenters. The summed E-state index contributed by atoms with van der Waals surface area (Å²) in [6.45, 7) is 4.18. The van der Waals surface area contributed by atoms with Gasteiger partial charge in [0.05, 0.1) is 6.61 Å². The van der Waals surface area contributed by atoms with E-state index < -0.39 is 5.60 Å². The van der Waals surface area contributed by atoms with E-state index in [0.29, 0.717) is 17.9 Å². The Labute approximate surface area is 100 Å². The summed E-state index contributed by atoms with van der Waals surface area (Å²) in [5, 5.41) is 9.65. The maximum atomic E-state index is 11.8. The highest BCUT2D eigenvalue weighted by molar-refractivity contribution is 6.01. The van der Waals surface area contributed by atoms with E-state index in [9.17, 15) is 9.90 Å². The lowest BCUT2D eigenvalue weighted by atomic mass is 9.97. The molecule has 1 aliphatic rings. The van der Waals surface area contributed by atoms with Crippen molar-refractivity contribution in [1.29, 1.82) is 0 Å². The van der Waals surface area contributed by atoms with Gasteiger partial charge in [-0.3, -0.25) is 4.79 Å². The average molecular weight is 236 g/mol. The smallest absolute Gasteiger partial charge is 0.193 e. The molecule has 1 atom stereocenters. The molecule has 0 spiro atoms. The first kappa shape index (κ1) is 12.1. The third kappa shape index (κ3) is 3.28. The largest absolute Gasteiger partial charge is 0.491 e. The molecule has 1 fully saturated rings. The summed E-state index contributed by atoms with van der Waals surface area (Å²) in [6, 6.07) is 6.83. The van der Waals surface area contributed by atoms with Crippen molar-refractivity contribution in [3.8, 4) is 5.75 Å². The van der Waals surface area contributed by atoms with Crippen LogP contribution in [0.15, 0.2) is 24.3 Å². The molecule has 4 nitrogen and oxygen atoms in total. The van der Waals surface area contributed by atoms with E-state index in [-0.39, 0.29) is 11.9 Å². The molecular formula is C13H16O4. The van der Waals surface area contributed by atoms with Gasteiger partial charge in [-0.1, -0.05) is 12.1 Å². The number of ether oxygens (including phenoxy) is 2. The summed E-state index contributed by atoms with van der Waals surface area (Å²) in [7, 11) is 0. The predicted octanol–water partition coefficient (Wildman–Crippen LogP) is 1.42. The first-order chi connectivity index (χ1) is 7.97. The average Bonchev–Trinajstić information content (AvgIpc) is 3.08. The lowest BCUT2D eigenvalue weighted by Gasteiger charge is -2.16. The zero-order valence-corrected chi connectivity index (χ0v) is 9.97. The summed E-state index contributed by atoms with van der Waals surface area (Å²) >= 11 is 0. The van der Waals surface area contributed by atoms with Gasteiger partial charge >= 0.3 is 0 Å². The quantitative estimate of drug-likeness (QED) is 0.620. The Kier molecular flexibility index (Phi) is 3.17. The fourth-order valence-corrected chi connectivity index (χ4v) is 1.43. The maximum Gasteiger partial charge on any atom is 0.193 e. The minimum absolute atomic E-state index is 0.184. The molecule has 1 aliphatic heterocycles. The van der Waals surface area contributed by atoms with Crippen LogP contribution in [0.4, 0.5) is 0 Å². The molecule has 0 saturated carbocycles. The van der Waals surface area contributed by atoms with Crippen LogP contribution in [0.5, 0.6) is 5.75 Å². The number of rotatable bonds is 5. The number of carbonyl (C=O) groups is 1. The highest BCUT2D eigenvalue weighted by Gasteiger charge is 2.26. The second-order valence-electron chi connectivity index (χ2n) is 4.68. The molecule has 0 radical (unpaired) electrons. The SMILES string of the molecule is CC(C)(O)C(=O)c1cccc(OCC2CO2)c1. The van der Waals surface area contributed by atoms with Gasteiger partial charge in [0.1, 0.15) is 24.1 Å². The van der Waals surface area contributed by atoms with Crippen molar-refractivity contribution in [2.45, 2.75) is 25.6 Å². The topological polar surface area (TPSA) is 59.1 Å². The number of hydrogen-bond acceptors (Lipinski definition) is 4. The van der Waals surface area contributed by atoms with E-state index in [2.05, 4.69) is 0 Å². The Morgan fingerprint density at radius 2 is 2.29 bits per heavy atom. The molecule has 1 saturated heterocycles. The Morgan fingerprint density at radius 1 is 1.59 bits per heavy atom. The minimum atomic E-state index is -1.36. The number of Topliss-reactive ketones (excluding diaryl/α,β-unsaturated/α-hetero) is 1. The van der Waals surface area contributed by atoms with Gasteiger partial charge in [-0.2, -0.15) is 0 Å². The van der Waals surface area contributed by atoms with Crippen molar-refractivity contribution in [3.05, 3.63) is 29.8 Å². The van der Waals surface area contributed by atoms with E-state index in [0.717, 1.165) is 6.61 Å². The summed E-state index contributed by atoms with van der Waals surface area (Å²) in [6.07, 6.45) is 0.184. The molecule has 1 N–H and O–H groups in total. The van der Waals surface area contributed by atoms with Crippen molar-refractivity contribution in [2.75, 3.05) is 13.2 Å².